The van der Waals surface area contributed by atoms with Crippen molar-refractivity contribution in [1.82, 2.24) is 0 Å². The Kier molecular flexibility index (Phi) is 4.69. The van der Waals surface area contributed by atoms with Crippen LogP contribution < -0.4 is 5.73 Å². The topological polar surface area (TPSA) is 43.1 Å². The van der Waals surface area contributed by atoms with Crippen molar-refractivity contribution in [3.8, 4) is 0 Å². The molecular formula is C9H10F3NO. The summed E-state index contributed by atoms with van der Waals surface area (Å²) in [5.41, 5.74) is 4.21. The van der Waals surface area contributed by atoms with E-state index in [1.807, 2.05) is 0 Å². The second-order valence-corrected chi connectivity index (χ2v) is 2.50. The van der Waals surface area contributed by atoms with Crippen molar-refractivity contribution in [1.29, 1.82) is 0 Å². The molecule has 0 atom stereocenters. The summed E-state index contributed by atoms with van der Waals surface area (Å²) in [6.45, 7) is 1.63. The number of alkyl halides is 3. The minimum Gasteiger partial charge on any atom is -0.372 e. The lowest BCUT2D eigenvalue weighted by atomic mass is 10.1. The van der Waals surface area contributed by atoms with Crippen LogP contribution in [0.1, 0.15) is 11.1 Å². The predicted molar refractivity (Wildman–Crippen MR) is 46.4 cm³/mol. The third-order valence-electron chi connectivity index (χ3n) is 1.35. The molecule has 0 spiro atoms. The van der Waals surface area contributed by atoms with E-state index in [1.165, 1.54) is 6.07 Å². The fourth-order valence-electron chi connectivity index (χ4n) is 0.821. The molecule has 0 aliphatic heterocycles. The Morgan fingerprint density at radius 1 is 1.36 bits per heavy atom. The van der Waals surface area contributed by atoms with Crippen LogP contribution in [0.5, 0.6) is 0 Å². The zero-order valence-corrected chi connectivity index (χ0v) is 7.51. The molecule has 78 valence electrons. The average Bonchev–Trinajstić information content (AvgIpc) is 2.04. The van der Waals surface area contributed by atoms with Crippen molar-refractivity contribution < 1.29 is 18.0 Å². The molecular weight excluding hydrogens is 195 g/mol. The Labute approximate surface area is 79.5 Å². The number of amides is 1. The lowest BCUT2D eigenvalue weighted by Gasteiger charge is -2.05. The Balaban J connectivity index is 0.000000500. The Morgan fingerprint density at radius 2 is 1.86 bits per heavy atom. The minimum absolute atomic E-state index is 0.250. The smallest absolute Gasteiger partial charge is 0.372 e. The summed E-state index contributed by atoms with van der Waals surface area (Å²) in [6.07, 6.45) is -3.97. The number of hydrogen-bond acceptors (Lipinski definition) is 1. The molecule has 0 fully saturated rings. The summed E-state index contributed by atoms with van der Waals surface area (Å²) in [5, 5.41) is 0. The highest BCUT2D eigenvalue weighted by Crippen LogP contribution is 2.29. The van der Waals surface area contributed by atoms with E-state index in [0.29, 0.717) is 5.56 Å². The number of hydrogen-bond donors (Lipinski definition) is 1. The number of primary amides is 1. The maximum atomic E-state index is 12.0. The van der Waals surface area contributed by atoms with Gasteiger partial charge < -0.3 is 5.73 Å². The van der Waals surface area contributed by atoms with E-state index in [9.17, 15) is 13.2 Å². The van der Waals surface area contributed by atoms with Crippen LogP contribution in [-0.4, -0.2) is 6.41 Å². The summed E-state index contributed by atoms with van der Waals surface area (Å²) in [7, 11) is 0. The zero-order chi connectivity index (χ0) is 11.2. The lowest BCUT2D eigenvalue weighted by Crippen LogP contribution is -2.04. The number of nitrogens with two attached hydrogens (primary N) is 1. The third kappa shape index (κ3) is 4.49. The first-order valence-electron chi connectivity index (χ1n) is 3.71. The van der Waals surface area contributed by atoms with Crippen molar-refractivity contribution in [3.05, 3.63) is 35.4 Å². The highest BCUT2D eigenvalue weighted by atomic mass is 19.4. The number of carbonyl (C=O) groups is 1. The average molecular weight is 205 g/mol. The SMILES string of the molecule is Cc1cccc(C(F)(F)F)c1.NC=O. The van der Waals surface area contributed by atoms with Gasteiger partial charge in [-0.3, -0.25) is 4.79 Å². The van der Waals surface area contributed by atoms with E-state index < -0.39 is 11.7 Å². The maximum absolute atomic E-state index is 12.0. The normalized spacial score (nSPS) is 10.0. The van der Waals surface area contributed by atoms with Crippen LogP contribution in [0.25, 0.3) is 0 Å². The van der Waals surface area contributed by atoms with Crippen molar-refractivity contribution in [2.24, 2.45) is 5.73 Å². The molecule has 1 amide bonds. The Bertz CT molecular complexity index is 296. The van der Waals surface area contributed by atoms with Gasteiger partial charge in [0.05, 0.1) is 5.56 Å². The molecule has 2 N–H and O–H groups in total. The Hall–Kier alpha value is -1.52. The molecule has 14 heavy (non-hydrogen) atoms. The van der Waals surface area contributed by atoms with Gasteiger partial charge in [0.25, 0.3) is 0 Å². The quantitative estimate of drug-likeness (QED) is 0.647. The van der Waals surface area contributed by atoms with Crippen LogP contribution in [0.15, 0.2) is 24.3 Å². The van der Waals surface area contributed by atoms with Crippen molar-refractivity contribution >= 4 is 6.41 Å². The fraction of sp³-hybridized carbons (Fsp3) is 0.222. The van der Waals surface area contributed by atoms with Gasteiger partial charge in [-0.1, -0.05) is 23.8 Å². The molecule has 0 bridgehead atoms. The van der Waals surface area contributed by atoms with Gasteiger partial charge in [-0.25, -0.2) is 0 Å². The number of carbonyl (C=O) groups excluding carboxylic acids is 1. The van der Waals surface area contributed by atoms with Crippen molar-refractivity contribution in [2.75, 3.05) is 0 Å². The maximum Gasteiger partial charge on any atom is 0.416 e. The molecule has 0 saturated carbocycles. The van der Waals surface area contributed by atoms with Gasteiger partial charge in [-0.2, -0.15) is 13.2 Å². The number of aryl methyl sites for hydroxylation is 1. The van der Waals surface area contributed by atoms with E-state index in [0.717, 1.165) is 12.1 Å². The molecule has 1 rings (SSSR count). The molecule has 1 aromatic rings. The van der Waals surface area contributed by atoms with Crippen molar-refractivity contribution in [2.45, 2.75) is 13.1 Å². The highest BCUT2D eigenvalue weighted by molar-refractivity contribution is 5.42. The van der Waals surface area contributed by atoms with Crippen LogP contribution in [-0.2, 0) is 11.0 Å². The number of rotatable bonds is 0. The van der Waals surface area contributed by atoms with E-state index >= 15 is 0 Å². The molecule has 5 heteroatoms. The summed E-state index contributed by atoms with van der Waals surface area (Å²) in [6, 6.07) is 5.22. The van der Waals surface area contributed by atoms with E-state index in [2.05, 4.69) is 5.73 Å². The van der Waals surface area contributed by atoms with E-state index in [-0.39, 0.29) is 6.41 Å². The molecule has 0 radical (unpaired) electrons. The van der Waals surface area contributed by atoms with Crippen LogP contribution in [0.2, 0.25) is 0 Å². The predicted octanol–water partition coefficient (Wildman–Crippen LogP) is 2.12. The molecule has 0 aromatic heterocycles. The van der Waals surface area contributed by atoms with E-state index in [1.54, 1.807) is 13.0 Å². The molecule has 2 nitrogen and oxygen atoms in total. The standard InChI is InChI=1S/C8H7F3.CH3NO/c1-6-3-2-4-7(5-6)8(9,10)11;2-1-3/h2-5H,1H3;1H,(H2,2,3). The number of benzene rings is 1. The molecule has 1 aromatic carbocycles. The van der Waals surface area contributed by atoms with Gasteiger partial charge in [0.15, 0.2) is 0 Å². The van der Waals surface area contributed by atoms with Gasteiger partial charge in [0.1, 0.15) is 0 Å². The molecule has 0 aliphatic carbocycles. The van der Waals surface area contributed by atoms with Crippen LogP contribution in [0, 0.1) is 6.92 Å². The zero-order valence-electron chi connectivity index (χ0n) is 7.51. The molecule has 0 saturated heterocycles. The van der Waals surface area contributed by atoms with E-state index in [4.69, 9.17) is 4.79 Å². The van der Waals surface area contributed by atoms with Crippen LogP contribution in [0.4, 0.5) is 13.2 Å². The van der Waals surface area contributed by atoms with Gasteiger partial charge >= 0.3 is 6.18 Å². The summed E-state index contributed by atoms with van der Waals surface area (Å²) >= 11 is 0. The first-order valence-corrected chi connectivity index (χ1v) is 3.71. The molecule has 0 aliphatic rings. The molecule has 0 unspecified atom stereocenters. The first kappa shape index (κ1) is 12.5. The van der Waals surface area contributed by atoms with Crippen LogP contribution in [0.3, 0.4) is 0 Å². The summed E-state index contributed by atoms with van der Waals surface area (Å²) < 4.78 is 35.9. The third-order valence-corrected chi connectivity index (χ3v) is 1.35. The van der Waals surface area contributed by atoms with Gasteiger partial charge in [0.2, 0.25) is 6.41 Å². The van der Waals surface area contributed by atoms with Gasteiger partial charge in [-0.05, 0) is 13.0 Å². The second kappa shape index (κ2) is 5.26. The highest BCUT2D eigenvalue weighted by Gasteiger charge is 2.29. The first-order chi connectivity index (χ1) is 6.41. The van der Waals surface area contributed by atoms with Crippen molar-refractivity contribution in [3.63, 3.8) is 0 Å². The van der Waals surface area contributed by atoms with Gasteiger partial charge in [0, 0.05) is 0 Å². The number of halogens is 3. The largest absolute Gasteiger partial charge is 0.416 e. The second-order valence-electron chi connectivity index (χ2n) is 2.50. The van der Waals surface area contributed by atoms with Crippen LogP contribution >= 0.6 is 0 Å². The summed E-state index contributed by atoms with van der Waals surface area (Å²) in [5.74, 6) is 0. The molecule has 0 heterocycles. The Morgan fingerprint density at radius 3 is 2.14 bits per heavy atom. The monoisotopic (exact) mass is 205 g/mol. The summed E-state index contributed by atoms with van der Waals surface area (Å²) in [4.78, 5) is 8.58. The lowest BCUT2D eigenvalue weighted by molar-refractivity contribution is -0.137. The fourth-order valence-corrected chi connectivity index (χ4v) is 0.821. The minimum atomic E-state index is -4.22. The van der Waals surface area contributed by atoms with Gasteiger partial charge in [-0.15, -0.1) is 0 Å².